The highest BCUT2D eigenvalue weighted by atomic mass is 19.1. The average molecular weight is 158 g/mol. The molecule has 0 amide bonds. The van der Waals surface area contributed by atoms with Gasteiger partial charge in [0.2, 0.25) is 0 Å². The molecule has 1 rings (SSSR count). The van der Waals surface area contributed by atoms with Crippen LogP contribution >= 0.6 is 0 Å². The number of hydrogen-bond acceptors (Lipinski definition) is 3. The lowest BCUT2D eigenvalue weighted by Crippen LogP contribution is -1.88. The molecule has 4 nitrogen and oxygen atoms in total. The first-order chi connectivity index (χ1) is 5.22. The Morgan fingerprint density at radius 1 is 1.73 bits per heavy atom. The minimum Gasteiger partial charge on any atom is -0.483 e. The Kier molecular flexibility index (Phi) is 4.39. The van der Waals surface area contributed by atoms with Crippen molar-refractivity contribution in [3.8, 4) is 0 Å². The third-order valence-electron chi connectivity index (χ3n) is 0.804. The Morgan fingerprint density at radius 3 is 2.55 bits per heavy atom. The van der Waals surface area contributed by atoms with Crippen LogP contribution in [0.15, 0.2) is 18.5 Å². The molecule has 0 aliphatic carbocycles. The SMILES string of the molecule is Nc1ccncc1F.O=CO. The molecule has 0 aliphatic rings. The van der Waals surface area contributed by atoms with Crippen molar-refractivity contribution in [3.63, 3.8) is 0 Å². The van der Waals surface area contributed by atoms with Crippen LogP contribution in [0.1, 0.15) is 0 Å². The molecule has 0 saturated carbocycles. The number of nitrogen functional groups attached to an aromatic ring is 1. The maximum Gasteiger partial charge on any atom is 0.290 e. The number of carbonyl (C=O) groups is 1. The highest BCUT2D eigenvalue weighted by Crippen LogP contribution is 2.03. The van der Waals surface area contributed by atoms with Crippen LogP contribution in [-0.2, 0) is 4.79 Å². The lowest BCUT2D eigenvalue weighted by molar-refractivity contribution is -0.122. The van der Waals surface area contributed by atoms with Gasteiger partial charge in [-0.1, -0.05) is 0 Å². The fourth-order valence-corrected chi connectivity index (χ4v) is 0.386. The summed E-state index contributed by atoms with van der Waals surface area (Å²) in [7, 11) is 0. The highest BCUT2D eigenvalue weighted by Gasteiger charge is 1.90. The van der Waals surface area contributed by atoms with Crippen molar-refractivity contribution in [2.24, 2.45) is 0 Å². The Balaban J connectivity index is 0.000000292. The van der Waals surface area contributed by atoms with Gasteiger partial charge >= 0.3 is 0 Å². The van der Waals surface area contributed by atoms with E-state index in [4.69, 9.17) is 15.6 Å². The summed E-state index contributed by atoms with van der Waals surface area (Å²) in [6.45, 7) is -0.250. The van der Waals surface area contributed by atoms with E-state index in [2.05, 4.69) is 4.98 Å². The average Bonchev–Trinajstić information content (AvgIpc) is 1.97. The standard InChI is InChI=1S/C5H5FN2.CH2O2/c6-4-3-8-2-1-5(4)7;2-1-3/h1-3H,(H2,7,8);1H,(H,2,3). The van der Waals surface area contributed by atoms with Gasteiger partial charge in [0.05, 0.1) is 11.9 Å². The smallest absolute Gasteiger partial charge is 0.290 e. The highest BCUT2D eigenvalue weighted by molar-refractivity contribution is 5.35. The van der Waals surface area contributed by atoms with Crippen molar-refractivity contribution in [1.82, 2.24) is 4.98 Å². The summed E-state index contributed by atoms with van der Waals surface area (Å²) in [4.78, 5) is 11.9. The molecule has 0 saturated heterocycles. The number of nitrogens with zero attached hydrogens (tertiary/aromatic N) is 1. The van der Waals surface area contributed by atoms with Crippen molar-refractivity contribution in [1.29, 1.82) is 0 Å². The maximum absolute atomic E-state index is 12.1. The fraction of sp³-hybridized carbons (Fsp3) is 0. The summed E-state index contributed by atoms with van der Waals surface area (Å²) in [5.74, 6) is -0.465. The third-order valence-corrected chi connectivity index (χ3v) is 0.804. The molecule has 11 heavy (non-hydrogen) atoms. The third kappa shape index (κ3) is 3.85. The van der Waals surface area contributed by atoms with E-state index in [0.717, 1.165) is 6.20 Å². The molecule has 0 aromatic carbocycles. The predicted octanol–water partition coefficient (Wildman–Crippen LogP) is 0.504. The molecule has 0 radical (unpaired) electrons. The normalized spacial score (nSPS) is 7.73. The van der Waals surface area contributed by atoms with Crippen LogP contribution in [0, 0.1) is 5.82 Å². The van der Waals surface area contributed by atoms with Crippen molar-refractivity contribution in [2.75, 3.05) is 5.73 Å². The molecule has 3 N–H and O–H groups in total. The monoisotopic (exact) mass is 158 g/mol. The molecule has 5 heteroatoms. The first-order valence-corrected chi connectivity index (χ1v) is 2.65. The second kappa shape index (κ2) is 5.16. The van der Waals surface area contributed by atoms with E-state index < -0.39 is 5.82 Å². The Labute approximate surface area is 62.5 Å². The molecule has 1 aromatic rings. The largest absolute Gasteiger partial charge is 0.483 e. The lowest BCUT2D eigenvalue weighted by Gasteiger charge is -1.89. The molecule has 0 aliphatic heterocycles. The first-order valence-electron chi connectivity index (χ1n) is 2.65. The second-order valence-electron chi connectivity index (χ2n) is 1.50. The maximum atomic E-state index is 12.1. The van der Waals surface area contributed by atoms with Gasteiger partial charge in [-0.25, -0.2) is 4.39 Å². The van der Waals surface area contributed by atoms with Crippen molar-refractivity contribution >= 4 is 12.2 Å². The predicted molar refractivity (Wildman–Crippen MR) is 37.3 cm³/mol. The number of halogens is 1. The number of nitrogens with two attached hydrogens (primary N) is 1. The number of anilines is 1. The molecule has 0 spiro atoms. The molecule has 0 unspecified atom stereocenters. The quantitative estimate of drug-likeness (QED) is 0.539. The molecule has 0 fully saturated rings. The summed E-state index contributed by atoms with van der Waals surface area (Å²) >= 11 is 0. The van der Waals surface area contributed by atoms with Gasteiger partial charge in [-0.05, 0) is 6.07 Å². The summed E-state index contributed by atoms with van der Waals surface area (Å²) in [5, 5.41) is 6.89. The Morgan fingerprint density at radius 2 is 2.27 bits per heavy atom. The minimum atomic E-state index is -0.465. The van der Waals surface area contributed by atoms with Crippen LogP contribution in [0.3, 0.4) is 0 Å². The fourth-order valence-electron chi connectivity index (χ4n) is 0.386. The van der Waals surface area contributed by atoms with Gasteiger partial charge in [-0.15, -0.1) is 0 Å². The molecule has 1 aromatic heterocycles. The van der Waals surface area contributed by atoms with E-state index in [1.165, 1.54) is 12.3 Å². The lowest BCUT2D eigenvalue weighted by atomic mass is 10.4. The molecule has 0 atom stereocenters. The first kappa shape index (κ1) is 9.35. The Hall–Kier alpha value is -1.65. The summed E-state index contributed by atoms with van der Waals surface area (Å²) in [6, 6.07) is 1.41. The molecule has 60 valence electrons. The van der Waals surface area contributed by atoms with Gasteiger partial charge in [-0.3, -0.25) is 9.78 Å². The zero-order valence-electron chi connectivity index (χ0n) is 5.57. The second-order valence-corrected chi connectivity index (χ2v) is 1.50. The van der Waals surface area contributed by atoms with E-state index in [1.54, 1.807) is 0 Å². The summed E-state index contributed by atoms with van der Waals surface area (Å²) in [6.07, 6.45) is 2.52. The van der Waals surface area contributed by atoms with Crippen LogP contribution in [0.4, 0.5) is 10.1 Å². The molecular formula is C6H7FN2O2. The van der Waals surface area contributed by atoms with Crippen molar-refractivity contribution in [3.05, 3.63) is 24.3 Å². The zero-order valence-corrected chi connectivity index (χ0v) is 5.57. The number of aromatic nitrogens is 1. The van der Waals surface area contributed by atoms with Gasteiger partial charge in [0.25, 0.3) is 6.47 Å². The number of rotatable bonds is 0. The molecular weight excluding hydrogens is 151 g/mol. The van der Waals surface area contributed by atoms with E-state index in [-0.39, 0.29) is 12.2 Å². The van der Waals surface area contributed by atoms with Gasteiger partial charge in [0.15, 0.2) is 5.82 Å². The van der Waals surface area contributed by atoms with Gasteiger partial charge in [0.1, 0.15) is 0 Å². The van der Waals surface area contributed by atoms with E-state index in [1.807, 2.05) is 0 Å². The van der Waals surface area contributed by atoms with Crippen molar-refractivity contribution in [2.45, 2.75) is 0 Å². The minimum absolute atomic E-state index is 0.139. The topological polar surface area (TPSA) is 76.2 Å². The van der Waals surface area contributed by atoms with E-state index in [0.29, 0.717) is 0 Å². The van der Waals surface area contributed by atoms with Gasteiger partial charge in [0, 0.05) is 6.20 Å². The van der Waals surface area contributed by atoms with E-state index >= 15 is 0 Å². The Bertz CT molecular complexity index is 209. The summed E-state index contributed by atoms with van der Waals surface area (Å²) < 4.78 is 12.1. The summed E-state index contributed by atoms with van der Waals surface area (Å²) in [5.41, 5.74) is 5.24. The number of hydrogen-bond donors (Lipinski definition) is 2. The zero-order chi connectivity index (χ0) is 8.69. The number of pyridine rings is 1. The molecule has 1 heterocycles. The van der Waals surface area contributed by atoms with Crippen LogP contribution in [-0.4, -0.2) is 16.6 Å². The van der Waals surface area contributed by atoms with Crippen molar-refractivity contribution < 1.29 is 14.3 Å². The van der Waals surface area contributed by atoms with E-state index in [9.17, 15) is 4.39 Å². The van der Waals surface area contributed by atoms with Crippen LogP contribution in [0.25, 0.3) is 0 Å². The van der Waals surface area contributed by atoms with Crippen LogP contribution in [0.2, 0.25) is 0 Å². The van der Waals surface area contributed by atoms with Crippen LogP contribution < -0.4 is 5.73 Å². The molecule has 0 bridgehead atoms. The number of carboxylic acid groups (broad SMARTS) is 1. The van der Waals surface area contributed by atoms with Crippen LogP contribution in [0.5, 0.6) is 0 Å². The van der Waals surface area contributed by atoms with Gasteiger partial charge in [-0.2, -0.15) is 0 Å². The van der Waals surface area contributed by atoms with Gasteiger partial charge < -0.3 is 10.8 Å².